The van der Waals surface area contributed by atoms with E-state index in [1.165, 1.54) is 14.2 Å². The summed E-state index contributed by atoms with van der Waals surface area (Å²) < 4.78 is 9.61. The minimum absolute atomic E-state index is 0.0732. The standard InChI is InChI=1S/C38H56N6O8/c1-26(2)33(40-37(48)50-5)35(46)42-43(24-29-17-11-8-12-18-29)25-31(21-20-28-15-9-7-10-16-28)44(36(47)34(27(3)4)41-38(49)51-6)52-32(45)23-30-19-13-14-22-39-30/h7,9-10,13-16,19,22,26-27,29,31,33-34H,8,11-12,17-18,20-21,23-25H2,1-6H3,(H,40,48)(H,41,49)(H,42,46)/t31-,33-,34-/m0/s1. The molecule has 3 atom stereocenters. The summed E-state index contributed by atoms with van der Waals surface area (Å²) in [4.78, 5) is 76.7. The fourth-order valence-corrected chi connectivity index (χ4v) is 6.24. The van der Waals surface area contributed by atoms with Crippen LogP contribution < -0.4 is 16.1 Å². The molecular formula is C38H56N6O8. The Kier molecular flexibility index (Phi) is 17.3. The molecule has 14 nitrogen and oxygen atoms in total. The SMILES string of the molecule is COC(=O)N[C@H](C(=O)NN(CC1CCCCC1)C[C@H](CCc1ccccc1)N(OC(=O)Cc1ccccn1)C(=O)[C@@H](NC(=O)OC)C(C)C)C(C)C. The van der Waals surface area contributed by atoms with Gasteiger partial charge >= 0.3 is 18.2 Å². The van der Waals surface area contributed by atoms with E-state index < -0.39 is 54.0 Å². The maximum atomic E-state index is 14.5. The number of nitrogens with one attached hydrogen (secondary N) is 3. The van der Waals surface area contributed by atoms with Crippen molar-refractivity contribution in [1.82, 2.24) is 31.1 Å². The maximum Gasteiger partial charge on any atom is 0.407 e. The third-order valence-corrected chi connectivity index (χ3v) is 9.11. The molecular weight excluding hydrogens is 668 g/mol. The second-order valence-electron chi connectivity index (χ2n) is 13.9. The normalized spacial score (nSPS) is 14.9. The van der Waals surface area contributed by atoms with Crippen LogP contribution in [0.1, 0.15) is 77.5 Å². The molecule has 1 aromatic heterocycles. The first-order chi connectivity index (χ1) is 24.9. The van der Waals surface area contributed by atoms with Gasteiger partial charge in [-0.3, -0.25) is 20.0 Å². The van der Waals surface area contributed by atoms with Crippen molar-refractivity contribution in [2.75, 3.05) is 27.3 Å². The second kappa shape index (κ2) is 21.6. The average Bonchev–Trinajstić information content (AvgIpc) is 3.13. The summed E-state index contributed by atoms with van der Waals surface area (Å²) in [5, 5.41) is 8.06. The van der Waals surface area contributed by atoms with Gasteiger partial charge < -0.3 is 24.9 Å². The van der Waals surface area contributed by atoms with Crippen molar-refractivity contribution in [2.24, 2.45) is 17.8 Å². The third-order valence-electron chi connectivity index (χ3n) is 9.11. The van der Waals surface area contributed by atoms with Crippen molar-refractivity contribution in [3.63, 3.8) is 0 Å². The highest BCUT2D eigenvalue weighted by atomic mass is 16.7. The van der Waals surface area contributed by atoms with Crippen LogP contribution in [0.2, 0.25) is 0 Å². The number of alkyl carbamates (subject to hydrolysis) is 2. The topological polar surface area (TPSA) is 168 Å². The van der Waals surface area contributed by atoms with Gasteiger partial charge in [-0.05, 0) is 61.1 Å². The molecule has 4 amide bonds. The smallest absolute Gasteiger partial charge is 0.407 e. The molecule has 0 bridgehead atoms. The number of aryl methyl sites for hydroxylation is 1. The van der Waals surface area contributed by atoms with E-state index in [9.17, 15) is 24.0 Å². The van der Waals surface area contributed by atoms with E-state index in [0.717, 1.165) is 42.7 Å². The van der Waals surface area contributed by atoms with Crippen molar-refractivity contribution < 1.29 is 38.3 Å². The maximum absolute atomic E-state index is 14.5. The van der Waals surface area contributed by atoms with E-state index >= 15 is 0 Å². The van der Waals surface area contributed by atoms with Crippen LogP contribution in [0.3, 0.4) is 0 Å². The van der Waals surface area contributed by atoms with E-state index in [1.807, 2.05) is 44.2 Å². The van der Waals surface area contributed by atoms with E-state index in [1.54, 1.807) is 43.3 Å². The number of aromatic nitrogens is 1. The minimum Gasteiger partial charge on any atom is -0.453 e. The summed E-state index contributed by atoms with van der Waals surface area (Å²) in [7, 11) is 2.44. The van der Waals surface area contributed by atoms with Crippen LogP contribution in [0.4, 0.5) is 9.59 Å². The molecule has 14 heteroatoms. The fraction of sp³-hybridized carbons (Fsp3) is 0.579. The van der Waals surface area contributed by atoms with Gasteiger partial charge in [-0.1, -0.05) is 83.4 Å². The van der Waals surface area contributed by atoms with E-state index in [-0.39, 0.29) is 24.8 Å². The van der Waals surface area contributed by atoms with Gasteiger partial charge in [-0.25, -0.2) is 19.4 Å². The van der Waals surface area contributed by atoms with Crippen LogP contribution >= 0.6 is 0 Å². The number of hydrogen-bond donors (Lipinski definition) is 3. The van der Waals surface area contributed by atoms with Crippen molar-refractivity contribution in [2.45, 2.75) is 97.2 Å². The number of nitrogens with zero attached hydrogens (tertiary/aromatic N) is 3. The zero-order valence-corrected chi connectivity index (χ0v) is 31.3. The molecule has 1 aliphatic carbocycles. The number of rotatable bonds is 17. The Bertz CT molecular complexity index is 1420. The quantitative estimate of drug-likeness (QED) is 0.196. The first-order valence-electron chi connectivity index (χ1n) is 18.1. The summed E-state index contributed by atoms with van der Waals surface area (Å²) in [5.41, 5.74) is 4.48. The third kappa shape index (κ3) is 13.8. The van der Waals surface area contributed by atoms with Gasteiger partial charge in [0.05, 0.1) is 32.4 Å². The molecule has 0 aliphatic heterocycles. The number of pyridine rings is 1. The number of carbonyl (C=O) groups is 5. The Morgan fingerprint density at radius 3 is 2.02 bits per heavy atom. The Hall–Kier alpha value is -4.72. The molecule has 3 N–H and O–H groups in total. The fourth-order valence-electron chi connectivity index (χ4n) is 6.24. The van der Waals surface area contributed by atoms with E-state index in [0.29, 0.717) is 25.1 Å². The van der Waals surface area contributed by atoms with Gasteiger partial charge in [0.1, 0.15) is 12.1 Å². The predicted molar refractivity (Wildman–Crippen MR) is 194 cm³/mol. The molecule has 286 valence electrons. The van der Waals surface area contributed by atoms with Crippen molar-refractivity contribution in [3.8, 4) is 0 Å². The molecule has 1 saturated carbocycles. The van der Waals surface area contributed by atoms with Gasteiger partial charge in [0.2, 0.25) is 0 Å². The molecule has 0 unspecified atom stereocenters. The lowest BCUT2D eigenvalue weighted by atomic mass is 9.89. The number of benzene rings is 1. The number of carbonyl (C=O) groups excluding carboxylic acids is 5. The van der Waals surface area contributed by atoms with Gasteiger partial charge in [-0.2, -0.15) is 5.06 Å². The van der Waals surface area contributed by atoms with Gasteiger partial charge in [0.15, 0.2) is 0 Å². The van der Waals surface area contributed by atoms with Crippen molar-refractivity contribution >= 4 is 30.0 Å². The lowest BCUT2D eigenvalue weighted by Gasteiger charge is -2.38. The summed E-state index contributed by atoms with van der Waals surface area (Å²) >= 11 is 0. The molecule has 0 saturated heterocycles. The lowest BCUT2D eigenvalue weighted by molar-refractivity contribution is -0.211. The number of hydrogen-bond acceptors (Lipinski definition) is 10. The molecule has 1 aliphatic rings. The van der Waals surface area contributed by atoms with Crippen LogP contribution in [-0.4, -0.2) is 90.5 Å². The molecule has 2 aromatic rings. The Morgan fingerprint density at radius 1 is 0.827 bits per heavy atom. The number of methoxy groups -OCH3 is 2. The Balaban J connectivity index is 2.06. The van der Waals surface area contributed by atoms with Crippen LogP contribution in [0.25, 0.3) is 0 Å². The largest absolute Gasteiger partial charge is 0.453 e. The van der Waals surface area contributed by atoms with Crippen molar-refractivity contribution in [1.29, 1.82) is 0 Å². The molecule has 1 fully saturated rings. The molecule has 0 radical (unpaired) electrons. The van der Waals surface area contributed by atoms with Gasteiger partial charge in [-0.15, -0.1) is 0 Å². The minimum atomic E-state index is -1.11. The Morgan fingerprint density at radius 2 is 1.44 bits per heavy atom. The second-order valence-corrected chi connectivity index (χ2v) is 13.9. The lowest BCUT2D eigenvalue weighted by Crippen LogP contribution is -2.60. The monoisotopic (exact) mass is 724 g/mol. The van der Waals surface area contributed by atoms with Crippen LogP contribution in [-0.2, 0) is 41.5 Å². The first-order valence-corrected chi connectivity index (χ1v) is 18.1. The molecule has 3 rings (SSSR count). The molecule has 1 aromatic carbocycles. The zero-order valence-electron chi connectivity index (χ0n) is 31.3. The van der Waals surface area contributed by atoms with E-state index in [2.05, 4.69) is 21.0 Å². The highest BCUT2D eigenvalue weighted by Gasteiger charge is 2.38. The number of hydrazine groups is 1. The highest BCUT2D eigenvalue weighted by molar-refractivity contribution is 5.87. The number of hydroxylamine groups is 2. The summed E-state index contributed by atoms with van der Waals surface area (Å²) in [6.45, 7) is 7.70. The highest BCUT2D eigenvalue weighted by Crippen LogP contribution is 2.25. The molecule has 52 heavy (non-hydrogen) atoms. The Labute approximate surface area is 307 Å². The van der Waals surface area contributed by atoms with Gasteiger partial charge in [0.25, 0.3) is 11.8 Å². The summed E-state index contributed by atoms with van der Waals surface area (Å²) in [6, 6.07) is 12.1. The molecule has 1 heterocycles. The van der Waals surface area contributed by atoms with Gasteiger partial charge in [0, 0.05) is 19.3 Å². The van der Waals surface area contributed by atoms with Crippen LogP contribution in [0.15, 0.2) is 54.7 Å². The summed E-state index contributed by atoms with van der Waals surface area (Å²) in [6.07, 6.45) is 5.86. The first kappa shape index (κ1) is 41.7. The predicted octanol–water partition coefficient (Wildman–Crippen LogP) is 4.59. The van der Waals surface area contributed by atoms with Crippen LogP contribution in [0, 0.1) is 17.8 Å². The average molecular weight is 725 g/mol. The van der Waals surface area contributed by atoms with E-state index in [4.69, 9.17) is 14.3 Å². The van der Waals surface area contributed by atoms with Crippen molar-refractivity contribution in [3.05, 3.63) is 66.0 Å². The van der Waals surface area contributed by atoms with Crippen LogP contribution in [0.5, 0.6) is 0 Å². The number of ether oxygens (including phenoxy) is 2. The summed E-state index contributed by atoms with van der Waals surface area (Å²) in [5.74, 6) is -2.24. The molecule has 0 spiro atoms. The number of amides is 4. The zero-order chi connectivity index (χ0) is 38.0.